The van der Waals surface area contributed by atoms with Gasteiger partial charge in [-0.15, -0.1) is 0 Å². The minimum absolute atomic E-state index is 0.618. The molecule has 0 saturated heterocycles. The van der Waals surface area contributed by atoms with Gasteiger partial charge in [0.2, 0.25) is 5.95 Å². The normalized spacial score (nSPS) is 13.0. The van der Waals surface area contributed by atoms with Crippen LogP contribution in [0, 0.1) is 0 Å². The molecular formula is C21H23N5O2. The molecule has 7 heteroatoms. The van der Waals surface area contributed by atoms with Crippen LogP contribution in [0.1, 0.15) is 16.7 Å². The Morgan fingerprint density at radius 1 is 1.00 bits per heavy atom. The van der Waals surface area contributed by atoms with Crippen molar-refractivity contribution in [1.29, 1.82) is 0 Å². The van der Waals surface area contributed by atoms with Gasteiger partial charge < -0.3 is 19.7 Å². The van der Waals surface area contributed by atoms with Crippen LogP contribution in [0.5, 0.6) is 11.5 Å². The van der Waals surface area contributed by atoms with Gasteiger partial charge in [0.15, 0.2) is 11.5 Å². The molecule has 0 spiro atoms. The summed E-state index contributed by atoms with van der Waals surface area (Å²) in [6.07, 6.45) is 6.28. The highest BCUT2D eigenvalue weighted by molar-refractivity contribution is 5.52. The van der Waals surface area contributed by atoms with Crippen LogP contribution in [-0.4, -0.2) is 35.7 Å². The van der Waals surface area contributed by atoms with Crippen LogP contribution in [-0.2, 0) is 19.5 Å². The first kappa shape index (κ1) is 18.0. The molecule has 0 radical (unpaired) electrons. The molecule has 3 aromatic rings. The number of methoxy groups -OCH3 is 2. The second-order valence-electron chi connectivity index (χ2n) is 6.59. The average molecular weight is 377 g/mol. The zero-order valence-corrected chi connectivity index (χ0v) is 16.1. The number of anilines is 2. The van der Waals surface area contributed by atoms with Crippen LogP contribution in [0.15, 0.2) is 48.9 Å². The fourth-order valence-electron chi connectivity index (χ4n) is 3.37. The summed E-state index contributed by atoms with van der Waals surface area (Å²) >= 11 is 0. The number of fused-ring (bicyclic) bond motifs is 1. The molecule has 1 aliphatic rings. The molecule has 0 aliphatic carbocycles. The number of nitrogens with one attached hydrogen (secondary N) is 1. The lowest BCUT2D eigenvalue weighted by Gasteiger charge is -2.30. The first-order valence-electron chi connectivity index (χ1n) is 9.21. The lowest BCUT2D eigenvalue weighted by atomic mass is 9.99. The number of benzene rings is 1. The molecule has 0 bridgehead atoms. The van der Waals surface area contributed by atoms with Crippen LogP contribution in [0.25, 0.3) is 0 Å². The summed E-state index contributed by atoms with van der Waals surface area (Å²) in [5.41, 5.74) is 3.66. The SMILES string of the molecule is COc1cc2c(cc1OC)CN(c1ccnc(NCc3ccncc3)n1)CC2. The molecule has 0 unspecified atom stereocenters. The molecule has 1 N–H and O–H groups in total. The van der Waals surface area contributed by atoms with Gasteiger partial charge in [0, 0.05) is 38.2 Å². The maximum absolute atomic E-state index is 5.45. The van der Waals surface area contributed by atoms with Crippen LogP contribution in [0.3, 0.4) is 0 Å². The van der Waals surface area contributed by atoms with Gasteiger partial charge in [-0.3, -0.25) is 4.98 Å². The maximum atomic E-state index is 5.45. The molecule has 1 aliphatic heterocycles. The second kappa shape index (κ2) is 8.12. The molecule has 28 heavy (non-hydrogen) atoms. The number of aromatic nitrogens is 3. The van der Waals surface area contributed by atoms with E-state index in [0.717, 1.165) is 42.4 Å². The number of ether oxygens (including phenoxy) is 2. The fraction of sp³-hybridized carbons (Fsp3) is 0.286. The van der Waals surface area contributed by atoms with E-state index in [1.54, 1.807) is 32.8 Å². The van der Waals surface area contributed by atoms with Gasteiger partial charge in [-0.05, 0) is 53.4 Å². The summed E-state index contributed by atoms with van der Waals surface area (Å²) in [4.78, 5) is 15.3. The van der Waals surface area contributed by atoms with Crippen molar-refractivity contribution >= 4 is 11.8 Å². The van der Waals surface area contributed by atoms with Crippen LogP contribution >= 0.6 is 0 Å². The molecule has 3 heterocycles. The van der Waals surface area contributed by atoms with Crippen molar-refractivity contribution in [1.82, 2.24) is 15.0 Å². The van der Waals surface area contributed by atoms with E-state index in [-0.39, 0.29) is 0 Å². The van der Waals surface area contributed by atoms with E-state index in [1.165, 1.54) is 11.1 Å². The van der Waals surface area contributed by atoms with Gasteiger partial charge in [-0.25, -0.2) is 4.98 Å². The second-order valence-corrected chi connectivity index (χ2v) is 6.59. The van der Waals surface area contributed by atoms with Gasteiger partial charge >= 0.3 is 0 Å². The predicted octanol–water partition coefficient (Wildman–Crippen LogP) is 3.06. The summed E-state index contributed by atoms with van der Waals surface area (Å²) in [6, 6.07) is 10.0. The van der Waals surface area contributed by atoms with Gasteiger partial charge in [-0.1, -0.05) is 0 Å². The third-order valence-corrected chi connectivity index (χ3v) is 4.88. The average Bonchev–Trinajstić information content (AvgIpc) is 2.77. The van der Waals surface area contributed by atoms with E-state index in [9.17, 15) is 0 Å². The molecule has 1 aromatic carbocycles. The molecule has 4 rings (SSSR count). The molecule has 0 amide bonds. The lowest BCUT2D eigenvalue weighted by Crippen LogP contribution is -2.31. The summed E-state index contributed by atoms with van der Waals surface area (Å²) < 4.78 is 10.9. The van der Waals surface area contributed by atoms with Crippen molar-refractivity contribution in [3.8, 4) is 11.5 Å². The Balaban J connectivity index is 1.49. The zero-order valence-electron chi connectivity index (χ0n) is 16.1. The lowest BCUT2D eigenvalue weighted by molar-refractivity contribution is 0.353. The van der Waals surface area contributed by atoms with E-state index < -0.39 is 0 Å². The van der Waals surface area contributed by atoms with Crippen molar-refractivity contribution in [3.63, 3.8) is 0 Å². The van der Waals surface area contributed by atoms with E-state index >= 15 is 0 Å². The topological polar surface area (TPSA) is 72.4 Å². The standard InChI is InChI=1S/C21H23N5O2/c1-27-18-11-16-6-10-26(14-17(16)12-19(18)28-2)20-5-9-23-21(25-20)24-13-15-3-7-22-8-4-15/h3-5,7-9,11-12H,6,10,13-14H2,1-2H3,(H,23,24,25). The molecule has 7 nitrogen and oxygen atoms in total. The fourth-order valence-corrected chi connectivity index (χ4v) is 3.37. The molecular weight excluding hydrogens is 354 g/mol. The third kappa shape index (κ3) is 3.83. The first-order chi connectivity index (χ1) is 13.8. The Bertz CT molecular complexity index is 949. The van der Waals surface area contributed by atoms with Crippen LogP contribution in [0.4, 0.5) is 11.8 Å². The monoisotopic (exact) mass is 377 g/mol. The highest BCUT2D eigenvalue weighted by Crippen LogP contribution is 2.34. The number of pyridine rings is 1. The van der Waals surface area contributed by atoms with E-state index in [4.69, 9.17) is 14.5 Å². The highest BCUT2D eigenvalue weighted by atomic mass is 16.5. The smallest absolute Gasteiger partial charge is 0.224 e. The molecule has 0 fully saturated rings. The van der Waals surface area contributed by atoms with Crippen molar-refractivity contribution < 1.29 is 9.47 Å². The van der Waals surface area contributed by atoms with E-state index in [2.05, 4.69) is 32.3 Å². The third-order valence-electron chi connectivity index (χ3n) is 4.88. The predicted molar refractivity (Wildman–Crippen MR) is 108 cm³/mol. The molecule has 0 atom stereocenters. The Kier molecular flexibility index (Phi) is 5.23. The van der Waals surface area contributed by atoms with Crippen molar-refractivity contribution in [2.45, 2.75) is 19.5 Å². The Hall–Kier alpha value is -3.35. The maximum Gasteiger partial charge on any atom is 0.224 e. The van der Waals surface area contributed by atoms with Gasteiger partial charge in [-0.2, -0.15) is 4.98 Å². The minimum atomic E-state index is 0.618. The highest BCUT2D eigenvalue weighted by Gasteiger charge is 2.20. The van der Waals surface area contributed by atoms with Crippen molar-refractivity contribution in [2.75, 3.05) is 31.0 Å². The van der Waals surface area contributed by atoms with Gasteiger partial charge in [0.1, 0.15) is 5.82 Å². The zero-order chi connectivity index (χ0) is 19.3. The number of rotatable bonds is 6. The Morgan fingerprint density at radius 2 is 1.75 bits per heavy atom. The number of nitrogens with zero attached hydrogens (tertiary/aromatic N) is 4. The molecule has 144 valence electrons. The van der Waals surface area contributed by atoms with Crippen molar-refractivity contribution in [2.24, 2.45) is 0 Å². The van der Waals surface area contributed by atoms with Gasteiger partial charge in [0.25, 0.3) is 0 Å². The van der Waals surface area contributed by atoms with Crippen molar-refractivity contribution in [3.05, 3.63) is 65.6 Å². The minimum Gasteiger partial charge on any atom is -0.493 e. The molecule has 2 aromatic heterocycles. The summed E-state index contributed by atoms with van der Waals surface area (Å²) in [6.45, 7) is 2.32. The number of hydrogen-bond donors (Lipinski definition) is 1. The van der Waals surface area contributed by atoms with E-state index in [0.29, 0.717) is 12.5 Å². The quantitative estimate of drug-likeness (QED) is 0.708. The van der Waals surface area contributed by atoms with Crippen LogP contribution < -0.4 is 19.7 Å². The largest absolute Gasteiger partial charge is 0.493 e. The first-order valence-corrected chi connectivity index (χ1v) is 9.21. The summed E-state index contributed by atoms with van der Waals surface area (Å²) in [5, 5.41) is 3.28. The summed E-state index contributed by atoms with van der Waals surface area (Å²) in [5.74, 6) is 3.06. The molecule has 0 saturated carbocycles. The summed E-state index contributed by atoms with van der Waals surface area (Å²) in [7, 11) is 3.33. The Labute approximate surface area is 164 Å². The van der Waals surface area contributed by atoms with Crippen LogP contribution in [0.2, 0.25) is 0 Å². The Morgan fingerprint density at radius 3 is 2.50 bits per heavy atom. The number of hydrogen-bond acceptors (Lipinski definition) is 7. The van der Waals surface area contributed by atoms with Gasteiger partial charge in [0.05, 0.1) is 14.2 Å². The van der Waals surface area contributed by atoms with E-state index in [1.807, 2.05) is 18.2 Å².